The zero-order chi connectivity index (χ0) is 27.3. The van der Waals surface area contributed by atoms with Crippen molar-refractivity contribution >= 4 is 29.1 Å². The molecule has 0 saturated carbocycles. The molecular formula is C29H31N5O3S. The highest BCUT2D eigenvalue weighted by atomic mass is 32.2. The molecule has 0 fully saturated rings. The molecule has 0 spiro atoms. The highest BCUT2D eigenvalue weighted by Gasteiger charge is 2.19. The number of ketones is 1. The van der Waals surface area contributed by atoms with Crippen LogP contribution in [0.4, 0.5) is 5.69 Å². The number of thioether (sulfide) groups is 1. The molecule has 1 aromatic heterocycles. The van der Waals surface area contributed by atoms with Gasteiger partial charge < -0.3 is 15.8 Å². The summed E-state index contributed by atoms with van der Waals surface area (Å²) < 4.78 is 7.27. The first kappa shape index (κ1) is 26.9. The maximum absolute atomic E-state index is 12.7. The number of anilines is 1. The lowest BCUT2D eigenvalue weighted by Gasteiger charge is -2.19. The number of benzene rings is 3. The number of aromatic nitrogens is 3. The molecule has 0 radical (unpaired) electrons. The van der Waals surface area contributed by atoms with Crippen molar-refractivity contribution in [1.82, 2.24) is 14.8 Å². The first-order valence-corrected chi connectivity index (χ1v) is 13.1. The predicted octanol–water partition coefficient (Wildman–Crippen LogP) is 5.11. The predicted molar refractivity (Wildman–Crippen MR) is 151 cm³/mol. The van der Waals surface area contributed by atoms with E-state index in [1.807, 2.05) is 28.8 Å². The van der Waals surface area contributed by atoms with Crippen LogP contribution in [0.1, 0.15) is 36.7 Å². The van der Waals surface area contributed by atoms with E-state index < -0.39 is 5.91 Å². The summed E-state index contributed by atoms with van der Waals surface area (Å²) in [6, 6.07) is 22.7. The number of carbonyl (C=O) groups excluding carboxylic acids is 2. The molecule has 4 aromatic rings. The third kappa shape index (κ3) is 6.41. The van der Waals surface area contributed by atoms with Gasteiger partial charge in [-0.2, -0.15) is 0 Å². The van der Waals surface area contributed by atoms with E-state index in [9.17, 15) is 9.59 Å². The molecule has 9 heteroatoms. The van der Waals surface area contributed by atoms with Gasteiger partial charge in [0.25, 0.3) is 0 Å². The molecule has 1 heterocycles. The molecule has 0 bridgehead atoms. The van der Waals surface area contributed by atoms with E-state index in [1.54, 1.807) is 31.4 Å². The zero-order valence-corrected chi connectivity index (χ0v) is 22.7. The van der Waals surface area contributed by atoms with Crippen molar-refractivity contribution in [2.75, 3.05) is 24.7 Å². The summed E-state index contributed by atoms with van der Waals surface area (Å²) in [5.41, 5.74) is 9.50. The highest BCUT2D eigenvalue weighted by Crippen LogP contribution is 2.31. The monoisotopic (exact) mass is 529 g/mol. The Kier molecular flexibility index (Phi) is 8.16. The second-order valence-corrected chi connectivity index (χ2v) is 10.7. The number of ether oxygens (including phenoxy) is 1. The molecule has 0 atom stereocenters. The van der Waals surface area contributed by atoms with Gasteiger partial charge in [0.15, 0.2) is 16.8 Å². The van der Waals surface area contributed by atoms with E-state index in [1.165, 1.54) is 17.3 Å². The van der Waals surface area contributed by atoms with Crippen LogP contribution in [0.5, 0.6) is 5.75 Å². The summed E-state index contributed by atoms with van der Waals surface area (Å²) in [5, 5.41) is 12.6. The Balaban J connectivity index is 1.53. The van der Waals surface area contributed by atoms with Gasteiger partial charge in [-0.15, -0.1) is 10.2 Å². The van der Waals surface area contributed by atoms with E-state index in [0.29, 0.717) is 16.5 Å². The number of amides is 1. The first-order valence-electron chi connectivity index (χ1n) is 12.1. The van der Waals surface area contributed by atoms with Crippen molar-refractivity contribution in [3.8, 4) is 22.8 Å². The maximum atomic E-state index is 12.7. The minimum Gasteiger partial charge on any atom is -0.497 e. The van der Waals surface area contributed by atoms with Gasteiger partial charge in [0, 0.05) is 22.5 Å². The van der Waals surface area contributed by atoms with Crippen molar-refractivity contribution in [3.63, 3.8) is 0 Å². The fourth-order valence-corrected chi connectivity index (χ4v) is 4.59. The van der Waals surface area contributed by atoms with Crippen molar-refractivity contribution in [2.24, 2.45) is 5.73 Å². The second-order valence-electron chi connectivity index (χ2n) is 9.79. The molecule has 0 aliphatic rings. The molecule has 8 nitrogen and oxygen atoms in total. The van der Waals surface area contributed by atoms with Gasteiger partial charge in [-0.1, -0.05) is 56.8 Å². The number of methoxy groups -OCH3 is 1. The van der Waals surface area contributed by atoms with E-state index in [4.69, 9.17) is 10.5 Å². The molecule has 0 unspecified atom stereocenters. The number of nitrogens with zero attached hydrogens (tertiary/aromatic N) is 3. The summed E-state index contributed by atoms with van der Waals surface area (Å²) in [7, 11) is 1.63. The zero-order valence-electron chi connectivity index (χ0n) is 21.9. The SMILES string of the molecule is COc1ccc(-n2c(SCC(=O)CNc3ccc(C(N)=O)cc3)nnc2-c2ccc(C(C)(C)C)cc2)cc1. The number of nitrogens with two attached hydrogens (primary N) is 1. The Labute approximate surface area is 226 Å². The van der Waals surface area contributed by atoms with Crippen LogP contribution in [0.3, 0.4) is 0 Å². The summed E-state index contributed by atoms with van der Waals surface area (Å²) in [5.74, 6) is 1.16. The van der Waals surface area contributed by atoms with Gasteiger partial charge in [-0.3, -0.25) is 14.2 Å². The number of hydrogen-bond acceptors (Lipinski definition) is 7. The van der Waals surface area contributed by atoms with E-state index in [-0.39, 0.29) is 23.5 Å². The molecule has 1 amide bonds. The van der Waals surface area contributed by atoms with E-state index in [2.05, 4.69) is 60.6 Å². The number of hydrogen-bond donors (Lipinski definition) is 2. The van der Waals surface area contributed by atoms with E-state index in [0.717, 1.165) is 22.7 Å². The van der Waals surface area contributed by atoms with Crippen LogP contribution in [-0.2, 0) is 10.2 Å². The average Bonchev–Trinajstić information content (AvgIpc) is 3.34. The minimum atomic E-state index is -0.491. The fraction of sp³-hybridized carbons (Fsp3) is 0.241. The summed E-state index contributed by atoms with van der Waals surface area (Å²) >= 11 is 1.33. The average molecular weight is 530 g/mol. The Morgan fingerprint density at radius 1 is 0.947 bits per heavy atom. The van der Waals surface area contributed by atoms with Gasteiger partial charge in [0.1, 0.15) is 5.75 Å². The van der Waals surface area contributed by atoms with Crippen molar-refractivity contribution in [2.45, 2.75) is 31.3 Å². The first-order chi connectivity index (χ1) is 18.2. The van der Waals surface area contributed by atoms with Gasteiger partial charge >= 0.3 is 0 Å². The Bertz CT molecular complexity index is 1410. The van der Waals surface area contributed by atoms with Gasteiger partial charge in [-0.25, -0.2) is 0 Å². The van der Waals surface area contributed by atoms with Crippen LogP contribution in [0, 0.1) is 0 Å². The molecule has 0 aliphatic carbocycles. The number of rotatable bonds is 10. The van der Waals surface area contributed by atoms with Gasteiger partial charge in [0.2, 0.25) is 5.91 Å². The van der Waals surface area contributed by atoms with Crippen LogP contribution >= 0.6 is 11.8 Å². The van der Waals surface area contributed by atoms with Crippen LogP contribution < -0.4 is 15.8 Å². The molecule has 38 heavy (non-hydrogen) atoms. The highest BCUT2D eigenvalue weighted by molar-refractivity contribution is 7.99. The number of nitrogens with one attached hydrogen (secondary N) is 1. The third-order valence-corrected chi connectivity index (χ3v) is 6.98. The quantitative estimate of drug-likeness (QED) is 0.275. The molecule has 3 N–H and O–H groups in total. The number of carbonyl (C=O) groups is 2. The van der Waals surface area contributed by atoms with Crippen LogP contribution in [0.15, 0.2) is 78.0 Å². The Hall–Kier alpha value is -4.11. The van der Waals surface area contributed by atoms with Crippen molar-refractivity contribution in [3.05, 3.63) is 83.9 Å². The third-order valence-electron chi connectivity index (χ3n) is 5.99. The summed E-state index contributed by atoms with van der Waals surface area (Å²) in [4.78, 5) is 23.9. The largest absolute Gasteiger partial charge is 0.497 e. The number of primary amides is 1. The van der Waals surface area contributed by atoms with Crippen molar-refractivity contribution < 1.29 is 14.3 Å². The molecule has 4 rings (SSSR count). The normalized spacial score (nSPS) is 11.3. The Morgan fingerprint density at radius 3 is 2.18 bits per heavy atom. The summed E-state index contributed by atoms with van der Waals surface area (Å²) in [6.45, 7) is 6.68. The number of Topliss-reactive ketones (excluding diaryl/α,β-unsaturated/α-hetero) is 1. The van der Waals surface area contributed by atoms with Gasteiger partial charge in [-0.05, 0) is 59.5 Å². The molecule has 196 valence electrons. The molecular weight excluding hydrogens is 498 g/mol. The van der Waals surface area contributed by atoms with Crippen LogP contribution in [0.25, 0.3) is 17.1 Å². The van der Waals surface area contributed by atoms with Crippen molar-refractivity contribution in [1.29, 1.82) is 0 Å². The summed E-state index contributed by atoms with van der Waals surface area (Å²) in [6.07, 6.45) is 0. The standard InChI is InChI=1S/C29H31N5O3S/c1-29(2,3)21-9-5-20(6-10-21)27-32-33-28(34(27)23-13-15-25(37-4)16-14-23)38-18-24(35)17-31-22-11-7-19(8-12-22)26(30)36/h5-16,31H,17-18H2,1-4H3,(H2,30,36). The lowest BCUT2D eigenvalue weighted by atomic mass is 9.87. The molecule has 0 aliphatic heterocycles. The second kappa shape index (κ2) is 11.5. The fourth-order valence-electron chi connectivity index (χ4n) is 3.78. The van der Waals surface area contributed by atoms with E-state index >= 15 is 0 Å². The lowest BCUT2D eigenvalue weighted by Crippen LogP contribution is -2.16. The molecule has 3 aromatic carbocycles. The minimum absolute atomic E-state index is 0.00524. The smallest absolute Gasteiger partial charge is 0.248 e. The van der Waals surface area contributed by atoms with Gasteiger partial charge in [0.05, 0.1) is 19.4 Å². The maximum Gasteiger partial charge on any atom is 0.248 e. The molecule has 0 saturated heterocycles. The topological polar surface area (TPSA) is 112 Å². The van der Waals surface area contributed by atoms with Crippen LogP contribution in [0.2, 0.25) is 0 Å². The lowest BCUT2D eigenvalue weighted by molar-refractivity contribution is -0.115. The Morgan fingerprint density at radius 2 is 1.61 bits per heavy atom. The van der Waals surface area contributed by atoms with Crippen LogP contribution in [-0.4, -0.2) is 45.9 Å².